The summed E-state index contributed by atoms with van der Waals surface area (Å²) >= 11 is 0. The Bertz CT molecular complexity index is 511. The van der Waals surface area contributed by atoms with Crippen molar-refractivity contribution in [2.24, 2.45) is 0 Å². The summed E-state index contributed by atoms with van der Waals surface area (Å²) in [6, 6.07) is 1.43. The Morgan fingerprint density at radius 3 is 3.00 bits per heavy atom. The lowest BCUT2D eigenvalue weighted by molar-refractivity contribution is 0.0916. The number of hydrogen-bond donors (Lipinski definition) is 2. The highest BCUT2D eigenvalue weighted by atomic mass is 32.2. The molecular formula is C10H16N4O3S. The number of nitrogens with one attached hydrogen (secondary N) is 2. The molecule has 1 aromatic rings. The van der Waals surface area contributed by atoms with E-state index in [0.717, 1.165) is 12.8 Å². The maximum absolute atomic E-state index is 11.8. The molecule has 0 bridgehead atoms. The van der Waals surface area contributed by atoms with Crippen LogP contribution in [0.5, 0.6) is 0 Å². The van der Waals surface area contributed by atoms with Crippen molar-refractivity contribution in [3.63, 3.8) is 0 Å². The number of aromatic nitrogens is 2. The number of piperidine rings is 1. The standard InChI is InChI=1S/C10H16N4O3S/c1-18(16,17)14-6-2-3-8(7-14)12-10(15)9-4-5-11-13-9/h4-5,8H,2-3,6-7H2,1H3,(H,11,13)(H,12,15). The normalized spacial score (nSPS) is 21.7. The predicted molar refractivity (Wildman–Crippen MR) is 65.5 cm³/mol. The van der Waals surface area contributed by atoms with Gasteiger partial charge in [0.05, 0.1) is 6.26 Å². The van der Waals surface area contributed by atoms with Gasteiger partial charge in [-0.05, 0) is 18.9 Å². The van der Waals surface area contributed by atoms with Gasteiger partial charge in [-0.2, -0.15) is 5.10 Å². The van der Waals surface area contributed by atoms with Crippen LogP contribution in [0, 0.1) is 0 Å². The molecular weight excluding hydrogens is 256 g/mol. The van der Waals surface area contributed by atoms with Crippen molar-refractivity contribution in [3.8, 4) is 0 Å². The largest absolute Gasteiger partial charge is 0.347 e. The molecule has 1 fully saturated rings. The van der Waals surface area contributed by atoms with E-state index in [1.807, 2.05) is 0 Å². The third kappa shape index (κ3) is 3.08. The van der Waals surface area contributed by atoms with Gasteiger partial charge in [-0.1, -0.05) is 0 Å². The highest BCUT2D eigenvalue weighted by Crippen LogP contribution is 2.13. The molecule has 0 aliphatic carbocycles. The molecule has 0 saturated carbocycles. The number of H-pyrrole nitrogens is 1. The lowest BCUT2D eigenvalue weighted by atomic mass is 10.1. The van der Waals surface area contributed by atoms with Crippen molar-refractivity contribution in [2.45, 2.75) is 18.9 Å². The molecule has 1 unspecified atom stereocenters. The molecule has 0 radical (unpaired) electrons. The van der Waals surface area contributed by atoms with E-state index < -0.39 is 10.0 Å². The molecule has 1 aliphatic heterocycles. The lowest BCUT2D eigenvalue weighted by Gasteiger charge is -2.31. The van der Waals surface area contributed by atoms with Gasteiger partial charge in [0.25, 0.3) is 5.91 Å². The van der Waals surface area contributed by atoms with E-state index in [0.29, 0.717) is 18.8 Å². The first-order chi connectivity index (χ1) is 8.47. The van der Waals surface area contributed by atoms with Crippen molar-refractivity contribution in [2.75, 3.05) is 19.3 Å². The maximum atomic E-state index is 11.8. The van der Waals surface area contributed by atoms with Gasteiger partial charge in [0.2, 0.25) is 10.0 Å². The molecule has 1 aromatic heterocycles. The van der Waals surface area contributed by atoms with Gasteiger partial charge < -0.3 is 5.32 Å². The summed E-state index contributed by atoms with van der Waals surface area (Å²) in [5, 5.41) is 9.08. The molecule has 2 N–H and O–H groups in total. The van der Waals surface area contributed by atoms with E-state index in [-0.39, 0.29) is 11.9 Å². The fraction of sp³-hybridized carbons (Fsp3) is 0.600. The first-order valence-corrected chi connectivity index (χ1v) is 7.57. The van der Waals surface area contributed by atoms with Crippen LogP contribution in [0.3, 0.4) is 0 Å². The monoisotopic (exact) mass is 272 g/mol. The van der Waals surface area contributed by atoms with Crippen molar-refractivity contribution in [1.82, 2.24) is 19.8 Å². The van der Waals surface area contributed by atoms with Crippen LogP contribution in [0.1, 0.15) is 23.3 Å². The van der Waals surface area contributed by atoms with Crippen molar-refractivity contribution < 1.29 is 13.2 Å². The molecule has 1 amide bonds. The molecule has 2 rings (SSSR count). The summed E-state index contributed by atoms with van der Waals surface area (Å²) in [7, 11) is -3.19. The number of carbonyl (C=O) groups is 1. The number of sulfonamides is 1. The fourth-order valence-electron chi connectivity index (χ4n) is 2.01. The van der Waals surface area contributed by atoms with Crippen LogP contribution in [-0.2, 0) is 10.0 Å². The Balaban J connectivity index is 1.96. The topological polar surface area (TPSA) is 95.2 Å². The van der Waals surface area contributed by atoms with Gasteiger partial charge in [-0.3, -0.25) is 9.89 Å². The Morgan fingerprint density at radius 2 is 2.39 bits per heavy atom. The van der Waals surface area contributed by atoms with E-state index in [9.17, 15) is 13.2 Å². The van der Waals surface area contributed by atoms with Crippen molar-refractivity contribution in [1.29, 1.82) is 0 Å². The Kier molecular flexibility index (Phi) is 3.67. The number of amides is 1. The zero-order valence-electron chi connectivity index (χ0n) is 10.1. The molecule has 7 nitrogen and oxygen atoms in total. The van der Waals surface area contributed by atoms with Gasteiger partial charge in [0.15, 0.2) is 0 Å². The summed E-state index contributed by atoms with van der Waals surface area (Å²) in [4.78, 5) is 11.8. The van der Waals surface area contributed by atoms with E-state index >= 15 is 0 Å². The zero-order chi connectivity index (χ0) is 13.2. The smallest absolute Gasteiger partial charge is 0.269 e. The molecule has 8 heteroatoms. The van der Waals surface area contributed by atoms with E-state index in [1.165, 1.54) is 16.8 Å². The highest BCUT2D eigenvalue weighted by molar-refractivity contribution is 7.88. The van der Waals surface area contributed by atoms with E-state index in [4.69, 9.17) is 0 Å². The predicted octanol–water partition coefficient (Wildman–Crippen LogP) is -0.437. The number of aromatic amines is 1. The average Bonchev–Trinajstić information content (AvgIpc) is 2.81. The van der Waals surface area contributed by atoms with E-state index in [1.54, 1.807) is 6.07 Å². The first-order valence-electron chi connectivity index (χ1n) is 5.72. The van der Waals surface area contributed by atoms with Crippen LogP contribution in [0.25, 0.3) is 0 Å². The minimum Gasteiger partial charge on any atom is -0.347 e. The van der Waals surface area contributed by atoms with Crippen LogP contribution < -0.4 is 5.32 Å². The number of nitrogens with zero attached hydrogens (tertiary/aromatic N) is 2. The highest BCUT2D eigenvalue weighted by Gasteiger charge is 2.27. The second-order valence-electron chi connectivity index (χ2n) is 4.40. The minimum atomic E-state index is -3.19. The quantitative estimate of drug-likeness (QED) is 0.780. The van der Waals surface area contributed by atoms with Crippen LogP contribution in [0.4, 0.5) is 0 Å². The summed E-state index contributed by atoms with van der Waals surface area (Å²) in [6.07, 6.45) is 4.22. The summed E-state index contributed by atoms with van der Waals surface area (Å²) in [5.74, 6) is -0.257. The lowest BCUT2D eigenvalue weighted by Crippen LogP contribution is -2.49. The maximum Gasteiger partial charge on any atom is 0.269 e. The second kappa shape index (κ2) is 5.07. The first kappa shape index (κ1) is 13.0. The number of hydrogen-bond acceptors (Lipinski definition) is 4. The Hall–Kier alpha value is -1.41. The van der Waals surface area contributed by atoms with Gasteiger partial charge in [0, 0.05) is 25.3 Å². The van der Waals surface area contributed by atoms with Crippen LogP contribution in [0.15, 0.2) is 12.3 Å². The average molecular weight is 272 g/mol. The van der Waals surface area contributed by atoms with Crippen LogP contribution in [-0.4, -0.2) is 54.2 Å². The Morgan fingerprint density at radius 1 is 1.61 bits per heavy atom. The number of rotatable bonds is 3. The summed E-state index contributed by atoms with van der Waals surface area (Å²) < 4.78 is 24.3. The molecule has 100 valence electrons. The van der Waals surface area contributed by atoms with Crippen molar-refractivity contribution >= 4 is 15.9 Å². The van der Waals surface area contributed by atoms with Gasteiger partial charge >= 0.3 is 0 Å². The third-order valence-electron chi connectivity index (χ3n) is 2.93. The molecule has 2 heterocycles. The van der Waals surface area contributed by atoms with Gasteiger partial charge in [0.1, 0.15) is 5.69 Å². The molecule has 1 atom stereocenters. The van der Waals surface area contributed by atoms with Gasteiger partial charge in [-0.25, -0.2) is 12.7 Å². The number of carbonyl (C=O) groups excluding carboxylic acids is 1. The fourth-order valence-corrected chi connectivity index (χ4v) is 2.92. The third-order valence-corrected chi connectivity index (χ3v) is 4.20. The summed E-state index contributed by atoms with van der Waals surface area (Å²) in [5.41, 5.74) is 0.381. The van der Waals surface area contributed by atoms with Crippen molar-refractivity contribution in [3.05, 3.63) is 18.0 Å². The molecule has 1 aliphatic rings. The van der Waals surface area contributed by atoms with E-state index in [2.05, 4.69) is 15.5 Å². The van der Waals surface area contributed by atoms with Crippen LogP contribution >= 0.6 is 0 Å². The SMILES string of the molecule is CS(=O)(=O)N1CCCC(NC(=O)c2ccn[nH]2)C1. The Labute approximate surface area is 106 Å². The zero-order valence-corrected chi connectivity index (χ0v) is 10.9. The second-order valence-corrected chi connectivity index (χ2v) is 6.39. The summed E-state index contributed by atoms with van der Waals surface area (Å²) in [6.45, 7) is 0.855. The minimum absolute atomic E-state index is 0.149. The molecule has 18 heavy (non-hydrogen) atoms. The molecule has 1 saturated heterocycles. The molecule has 0 spiro atoms. The molecule has 0 aromatic carbocycles. The van der Waals surface area contributed by atoms with Crippen LogP contribution in [0.2, 0.25) is 0 Å². The van der Waals surface area contributed by atoms with Gasteiger partial charge in [-0.15, -0.1) is 0 Å².